The van der Waals surface area contributed by atoms with Crippen LogP contribution in [0.3, 0.4) is 0 Å². The lowest BCUT2D eigenvalue weighted by Crippen LogP contribution is -2.06. The van der Waals surface area contributed by atoms with E-state index in [1.54, 1.807) is 30.6 Å². The Morgan fingerprint density at radius 2 is 1.57 bits per heavy atom. The van der Waals surface area contributed by atoms with Gasteiger partial charge in [0.25, 0.3) is 0 Å². The fourth-order valence-corrected chi connectivity index (χ4v) is 2.07. The lowest BCUT2D eigenvalue weighted by atomic mass is 10.2. The summed E-state index contributed by atoms with van der Waals surface area (Å²) in [5, 5.41) is 6.32. The zero-order chi connectivity index (χ0) is 15.9. The number of nitrogens with one attached hydrogen (secondary N) is 2. The molecule has 0 amide bonds. The van der Waals surface area contributed by atoms with Crippen LogP contribution in [0.2, 0.25) is 0 Å². The van der Waals surface area contributed by atoms with E-state index in [2.05, 4.69) is 25.6 Å². The molecule has 0 aliphatic heterocycles. The number of hydrogen-bond acceptors (Lipinski definition) is 5. The van der Waals surface area contributed by atoms with Crippen LogP contribution in [-0.2, 0) is 13.1 Å². The van der Waals surface area contributed by atoms with Gasteiger partial charge in [-0.05, 0) is 23.8 Å². The fraction of sp³-hybridized carbons (Fsp3) is 0.118. The highest BCUT2D eigenvalue weighted by molar-refractivity contribution is 5.47. The van der Waals surface area contributed by atoms with E-state index in [4.69, 9.17) is 0 Å². The first kappa shape index (κ1) is 14.9. The van der Waals surface area contributed by atoms with Gasteiger partial charge in [-0.3, -0.25) is 4.98 Å². The molecule has 3 aromatic rings. The molecule has 0 aliphatic carbocycles. The van der Waals surface area contributed by atoms with Crippen molar-refractivity contribution in [3.63, 3.8) is 0 Å². The normalized spacial score (nSPS) is 10.3. The number of benzene rings is 1. The average Bonchev–Trinajstić information content (AvgIpc) is 2.61. The van der Waals surface area contributed by atoms with Crippen LogP contribution < -0.4 is 10.6 Å². The number of rotatable bonds is 6. The van der Waals surface area contributed by atoms with Crippen molar-refractivity contribution < 1.29 is 4.39 Å². The molecule has 0 aliphatic rings. The van der Waals surface area contributed by atoms with Gasteiger partial charge in [0.05, 0.1) is 0 Å². The molecule has 0 radical (unpaired) electrons. The monoisotopic (exact) mass is 309 g/mol. The molecule has 0 bridgehead atoms. The van der Waals surface area contributed by atoms with Gasteiger partial charge in [0.15, 0.2) is 0 Å². The van der Waals surface area contributed by atoms with Gasteiger partial charge in [-0.1, -0.05) is 18.2 Å². The van der Waals surface area contributed by atoms with Gasteiger partial charge in [0, 0.05) is 37.1 Å². The van der Waals surface area contributed by atoms with Crippen molar-refractivity contribution >= 4 is 11.6 Å². The first-order valence-electron chi connectivity index (χ1n) is 7.23. The molecule has 2 N–H and O–H groups in total. The zero-order valence-electron chi connectivity index (χ0n) is 12.4. The molecule has 0 saturated heterocycles. The smallest absolute Gasteiger partial charge is 0.131 e. The van der Waals surface area contributed by atoms with Crippen LogP contribution in [0.1, 0.15) is 11.1 Å². The van der Waals surface area contributed by atoms with Crippen LogP contribution >= 0.6 is 0 Å². The van der Waals surface area contributed by atoms with Gasteiger partial charge >= 0.3 is 0 Å². The lowest BCUT2D eigenvalue weighted by Gasteiger charge is -2.09. The standard InChI is InChI=1S/C17H16FN5/c18-15-4-2-1-3-14(15)11-21-17-9-16(22-12-23-17)20-10-13-5-7-19-8-6-13/h1-9,12H,10-11H2,(H2,20,21,22,23). The summed E-state index contributed by atoms with van der Waals surface area (Å²) >= 11 is 0. The van der Waals surface area contributed by atoms with Crippen molar-refractivity contribution in [2.45, 2.75) is 13.1 Å². The highest BCUT2D eigenvalue weighted by Gasteiger charge is 2.02. The van der Waals surface area contributed by atoms with E-state index in [0.717, 1.165) is 5.56 Å². The maximum atomic E-state index is 13.6. The first-order chi connectivity index (χ1) is 11.3. The second kappa shape index (κ2) is 7.31. The molecule has 116 valence electrons. The molecule has 0 spiro atoms. The molecule has 6 heteroatoms. The summed E-state index contributed by atoms with van der Waals surface area (Å²) in [5.41, 5.74) is 1.71. The predicted molar refractivity (Wildman–Crippen MR) is 87.3 cm³/mol. The van der Waals surface area contributed by atoms with Crippen LogP contribution in [0, 0.1) is 5.82 Å². The third-order valence-electron chi connectivity index (χ3n) is 3.31. The Morgan fingerprint density at radius 3 is 2.30 bits per heavy atom. The minimum atomic E-state index is -0.231. The largest absolute Gasteiger partial charge is 0.366 e. The van der Waals surface area contributed by atoms with Crippen molar-refractivity contribution in [1.29, 1.82) is 0 Å². The highest BCUT2D eigenvalue weighted by Crippen LogP contribution is 2.13. The number of pyridine rings is 1. The highest BCUT2D eigenvalue weighted by atomic mass is 19.1. The summed E-state index contributed by atoms with van der Waals surface area (Å²) in [5.74, 6) is 1.11. The number of halogens is 1. The van der Waals surface area contributed by atoms with E-state index in [0.29, 0.717) is 30.3 Å². The summed E-state index contributed by atoms with van der Waals surface area (Å²) in [7, 11) is 0. The summed E-state index contributed by atoms with van der Waals surface area (Å²) in [6.07, 6.45) is 4.97. The summed E-state index contributed by atoms with van der Waals surface area (Å²) in [4.78, 5) is 12.3. The topological polar surface area (TPSA) is 62.7 Å². The van der Waals surface area contributed by atoms with E-state index < -0.39 is 0 Å². The van der Waals surface area contributed by atoms with E-state index >= 15 is 0 Å². The second-order valence-corrected chi connectivity index (χ2v) is 4.94. The Balaban J connectivity index is 1.60. The summed E-state index contributed by atoms with van der Waals surface area (Å²) < 4.78 is 13.6. The maximum Gasteiger partial charge on any atom is 0.131 e. The Morgan fingerprint density at radius 1 is 0.870 bits per heavy atom. The first-order valence-corrected chi connectivity index (χ1v) is 7.23. The molecule has 0 fully saturated rings. The van der Waals surface area contributed by atoms with Crippen molar-refractivity contribution in [2.24, 2.45) is 0 Å². The number of aromatic nitrogens is 3. The maximum absolute atomic E-state index is 13.6. The molecule has 3 rings (SSSR count). The van der Waals surface area contributed by atoms with E-state index in [1.165, 1.54) is 12.4 Å². The van der Waals surface area contributed by atoms with Gasteiger partial charge < -0.3 is 10.6 Å². The predicted octanol–water partition coefficient (Wildman–Crippen LogP) is 3.23. The minimum absolute atomic E-state index is 0.231. The minimum Gasteiger partial charge on any atom is -0.366 e. The number of nitrogens with zero attached hydrogens (tertiary/aromatic N) is 3. The molecular formula is C17H16FN5. The van der Waals surface area contributed by atoms with Gasteiger partial charge in [0.1, 0.15) is 23.8 Å². The molecular weight excluding hydrogens is 293 g/mol. The van der Waals surface area contributed by atoms with Crippen LogP contribution in [0.4, 0.5) is 16.0 Å². The van der Waals surface area contributed by atoms with E-state index in [9.17, 15) is 4.39 Å². The van der Waals surface area contributed by atoms with Crippen molar-refractivity contribution in [2.75, 3.05) is 10.6 Å². The Labute approximate surface area is 133 Å². The molecule has 0 atom stereocenters. The van der Waals surface area contributed by atoms with Crippen LogP contribution in [-0.4, -0.2) is 15.0 Å². The third-order valence-corrected chi connectivity index (χ3v) is 3.31. The summed E-state index contributed by atoms with van der Waals surface area (Å²) in [6, 6.07) is 12.3. The Hall–Kier alpha value is -3.02. The summed E-state index contributed by atoms with van der Waals surface area (Å²) in [6.45, 7) is 1.01. The molecule has 0 saturated carbocycles. The molecule has 23 heavy (non-hydrogen) atoms. The Kier molecular flexibility index (Phi) is 4.73. The van der Waals surface area contributed by atoms with Gasteiger partial charge in [-0.2, -0.15) is 0 Å². The zero-order valence-corrected chi connectivity index (χ0v) is 12.4. The average molecular weight is 309 g/mol. The van der Waals surface area contributed by atoms with Crippen molar-refractivity contribution in [3.8, 4) is 0 Å². The van der Waals surface area contributed by atoms with E-state index in [-0.39, 0.29) is 5.82 Å². The van der Waals surface area contributed by atoms with Gasteiger partial charge in [0.2, 0.25) is 0 Å². The number of hydrogen-bond donors (Lipinski definition) is 2. The molecule has 1 aromatic carbocycles. The van der Waals surface area contributed by atoms with Crippen LogP contribution in [0.25, 0.3) is 0 Å². The number of anilines is 2. The van der Waals surface area contributed by atoms with E-state index in [1.807, 2.05) is 18.2 Å². The van der Waals surface area contributed by atoms with Crippen molar-refractivity contribution in [1.82, 2.24) is 15.0 Å². The van der Waals surface area contributed by atoms with Crippen LogP contribution in [0.15, 0.2) is 61.2 Å². The fourth-order valence-electron chi connectivity index (χ4n) is 2.07. The third kappa shape index (κ3) is 4.23. The van der Waals surface area contributed by atoms with Crippen molar-refractivity contribution in [3.05, 3.63) is 78.1 Å². The van der Waals surface area contributed by atoms with Crippen LogP contribution in [0.5, 0.6) is 0 Å². The molecule has 2 aromatic heterocycles. The SMILES string of the molecule is Fc1ccccc1CNc1cc(NCc2ccncc2)ncn1. The lowest BCUT2D eigenvalue weighted by molar-refractivity contribution is 0.613. The van der Waals surface area contributed by atoms with Gasteiger partial charge in [-0.25, -0.2) is 14.4 Å². The Bertz CT molecular complexity index is 764. The second-order valence-electron chi connectivity index (χ2n) is 4.94. The molecule has 2 heterocycles. The van der Waals surface area contributed by atoms with Gasteiger partial charge in [-0.15, -0.1) is 0 Å². The quantitative estimate of drug-likeness (QED) is 0.732. The molecule has 5 nitrogen and oxygen atoms in total. The molecule has 0 unspecified atom stereocenters.